The Morgan fingerprint density at radius 3 is 2.88 bits per heavy atom. The van der Waals surface area contributed by atoms with Crippen LogP contribution in [0.3, 0.4) is 0 Å². The topological polar surface area (TPSA) is 86.9 Å². The average molecular weight is 258 g/mol. The van der Waals surface area contributed by atoms with Crippen molar-refractivity contribution in [2.45, 2.75) is 37.9 Å². The molecule has 1 aliphatic carbocycles. The smallest absolute Gasteiger partial charge is 0.258 e. The van der Waals surface area contributed by atoms with Crippen LogP contribution in [0.5, 0.6) is 0 Å². The zero-order valence-electron chi connectivity index (χ0n) is 10.0. The minimum atomic E-state index is -3.46. The van der Waals surface area contributed by atoms with Gasteiger partial charge < -0.3 is 5.32 Å². The van der Waals surface area contributed by atoms with Gasteiger partial charge in [0.15, 0.2) is 5.03 Å². The standard InChI is InChI=1S/C10H18N4O2S/c1-3-11-5-8-6-12-13-10(8)17(15,16)14-9-4-7(9)2/h6-7,9,11,14H,3-5H2,1-2H3,(H,12,13). The lowest BCUT2D eigenvalue weighted by Gasteiger charge is -2.06. The Balaban J connectivity index is 2.12. The fourth-order valence-electron chi connectivity index (χ4n) is 1.66. The summed E-state index contributed by atoms with van der Waals surface area (Å²) in [5.74, 6) is 0.435. The van der Waals surface area contributed by atoms with Crippen molar-refractivity contribution in [1.82, 2.24) is 20.2 Å². The van der Waals surface area contributed by atoms with Gasteiger partial charge in [-0.05, 0) is 18.9 Å². The Morgan fingerprint density at radius 1 is 1.59 bits per heavy atom. The summed E-state index contributed by atoms with van der Waals surface area (Å²) < 4.78 is 26.8. The Hall–Kier alpha value is -0.920. The molecule has 2 atom stereocenters. The van der Waals surface area contributed by atoms with E-state index in [9.17, 15) is 8.42 Å². The van der Waals surface area contributed by atoms with Gasteiger partial charge in [-0.2, -0.15) is 5.10 Å². The van der Waals surface area contributed by atoms with E-state index >= 15 is 0 Å². The summed E-state index contributed by atoms with van der Waals surface area (Å²) in [6, 6.07) is 0.0790. The first-order valence-corrected chi connectivity index (χ1v) is 7.28. The fraction of sp³-hybridized carbons (Fsp3) is 0.700. The monoisotopic (exact) mass is 258 g/mol. The van der Waals surface area contributed by atoms with E-state index < -0.39 is 10.0 Å². The van der Waals surface area contributed by atoms with E-state index in [0.717, 1.165) is 13.0 Å². The van der Waals surface area contributed by atoms with Crippen molar-refractivity contribution in [2.75, 3.05) is 6.54 Å². The number of aromatic amines is 1. The second-order valence-corrected chi connectivity index (χ2v) is 6.10. The molecule has 1 aliphatic rings. The number of hydrogen-bond donors (Lipinski definition) is 3. The van der Waals surface area contributed by atoms with Crippen LogP contribution in [-0.4, -0.2) is 31.2 Å². The van der Waals surface area contributed by atoms with E-state index in [0.29, 0.717) is 18.0 Å². The lowest BCUT2D eigenvalue weighted by atomic mass is 10.3. The molecule has 1 aromatic heterocycles. The third-order valence-corrected chi connectivity index (χ3v) is 4.43. The second kappa shape index (κ2) is 4.75. The highest BCUT2D eigenvalue weighted by molar-refractivity contribution is 7.89. The molecule has 0 aliphatic heterocycles. The van der Waals surface area contributed by atoms with Crippen LogP contribution in [0.1, 0.15) is 25.8 Å². The maximum absolute atomic E-state index is 12.1. The normalized spacial score (nSPS) is 23.9. The number of sulfonamides is 1. The Bertz CT molecular complexity index is 482. The van der Waals surface area contributed by atoms with E-state index in [2.05, 4.69) is 20.2 Å². The van der Waals surface area contributed by atoms with Crippen molar-refractivity contribution >= 4 is 10.0 Å². The van der Waals surface area contributed by atoms with Crippen molar-refractivity contribution in [1.29, 1.82) is 0 Å². The molecule has 2 unspecified atom stereocenters. The van der Waals surface area contributed by atoms with Gasteiger partial charge in [0, 0.05) is 18.2 Å². The minimum absolute atomic E-state index is 0.0790. The molecule has 7 heteroatoms. The van der Waals surface area contributed by atoms with Gasteiger partial charge in [0.2, 0.25) is 0 Å². The first-order chi connectivity index (χ1) is 8.04. The zero-order valence-corrected chi connectivity index (χ0v) is 10.8. The maximum atomic E-state index is 12.1. The molecule has 0 saturated heterocycles. The van der Waals surface area contributed by atoms with E-state index in [1.165, 1.54) is 0 Å². The molecule has 6 nitrogen and oxygen atoms in total. The molecule has 0 amide bonds. The van der Waals surface area contributed by atoms with Crippen LogP contribution in [-0.2, 0) is 16.6 Å². The summed E-state index contributed by atoms with van der Waals surface area (Å²) in [5.41, 5.74) is 0.674. The highest BCUT2D eigenvalue weighted by Crippen LogP contribution is 2.30. The average Bonchev–Trinajstić information content (AvgIpc) is 2.81. The van der Waals surface area contributed by atoms with Crippen LogP contribution in [0.15, 0.2) is 11.2 Å². The number of rotatable bonds is 6. The van der Waals surface area contributed by atoms with E-state index in [4.69, 9.17) is 0 Å². The van der Waals surface area contributed by atoms with Gasteiger partial charge in [-0.3, -0.25) is 5.10 Å². The number of nitrogens with zero attached hydrogens (tertiary/aromatic N) is 1. The SMILES string of the molecule is CCNCc1cn[nH]c1S(=O)(=O)NC1CC1C. The first-order valence-electron chi connectivity index (χ1n) is 5.80. The van der Waals surface area contributed by atoms with Crippen LogP contribution < -0.4 is 10.0 Å². The van der Waals surface area contributed by atoms with Gasteiger partial charge in [-0.15, -0.1) is 0 Å². The van der Waals surface area contributed by atoms with Gasteiger partial charge in [-0.1, -0.05) is 13.8 Å². The first kappa shape index (κ1) is 12.5. The molecule has 3 N–H and O–H groups in total. The van der Waals surface area contributed by atoms with E-state index in [1.807, 2.05) is 13.8 Å². The molecular formula is C10H18N4O2S. The molecule has 0 spiro atoms. The van der Waals surface area contributed by atoms with Crippen molar-refractivity contribution < 1.29 is 8.42 Å². The minimum Gasteiger partial charge on any atom is -0.313 e. The number of aromatic nitrogens is 2. The van der Waals surface area contributed by atoms with Crippen molar-refractivity contribution in [3.05, 3.63) is 11.8 Å². The summed E-state index contributed by atoms with van der Waals surface area (Å²) in [4.78, 5) is 0. The highest BCUT2D eigenvalue weighted by atomic mass is 32.2. The molecule has 1 saturated carbocycles. The number of hydrogen-bond acceptors (Lipinski definition) is 4. The van der Waals surface area contributed by atoms with Crippen molar-refractivity contribution in [2.24, 2.45) is 5.92 Å². The van der Waals surface area contributed by atoms with Gasteiger partial charge in [0.25, 0.3) is 10.0 Å². The van der Waals surface area contributed by atoms with Gasteiger partial charge in [-0.25, -0.2) is 13.1 Å². The van der Waals surface area contributed by atoms with Gasteiger partial charge in [0.1, 0.15) is 0 Å². The summed E-state index contributed by atoms with van der Waals surface area (Å²) in [6.07, 6.45) is 2.46. The molecule has 2 rings (SSSR count). The molecule has 96 valence electrons. The van der Waals surface area contributed by atoms with E-state index in [1.54, 1.807) is 6.20 Å². The fourth-order valence-corrected chi connectivity index (χ4v) is 3.15. The summed E-state index contributed by atoms with van der Waals surface area (Å²) in [6.45, 7) is 5.29. The van der Waals surface area contributed by atoms with E-state index in [-0.39, 0.29) is 11.1 Å². The van der Waals surface area contributed by atoms with Crippen LogP contribution >= 0.6 is 0 Å². The Labute approximate surface area is 101 Å². The second-order valence-electron chi connectivity index (χ2n) is 4.45. The molecule has 0 aromatic carbocycles. The molecule has 1 heterocycles. The maximum Gasteiger partial charge on any atom is 0.258 e. The molecule has 1 aromatic rings. The number of nitrogens with one attached hydrogen (secondary N) is 3. The van der Waals surface area contributed by atoms with Gasteiger partial charge in [0.05, 0.1) is 6.20 Å². The van der Waals surface area contributed by atoms with Crippen LogP contribution in [0.2, 0.25) is 0 Å². The Morgan fingerprint density at radius 2 is 2.29 bits per heavy atom. The van der Waals surface area contributed by atoms with Crippen LogP contribution in [0.4, 0.5) is 0 Å². The summed E-state index contributed by atoms with van der Waals surface area (Å²) in [7, 11) is -3.46. The predicted molar refractivity (Wildman–Crippen MR) is 63.9 cm³/mol. The third kappa shape index (κ3) is 2.85. The summed E-state index contributed by atoms with van der Waals surface area (Å²) >= 11 is 0. The Kier molecular flexibility index (Phi) is 3.50. The molecule has 17 heavy (non-hydrogen) atoms. The van der Waals surface area contributed by atoms with Crippen LogP contribution in [0.25, 0.3) is 0 Å². The van der Waals surface area contributed by atoms with Crippen molar-refractivity contribution in [3.8, 4) is 0 Å². The third-order valence-electron chi connectivity index (χ3n) is 2.93. The molecule has 1 fully saturated rings. The largest absolute Gasteiger partial charge is 0.313 e. The van der Waals surface area contributed by atoms with Crippen LogP contribution in [0, 0.1) is 5.92 Å². The van der Waals surface area contributed by atoms with Gasteiger partial charge >= 0.3 is 0 Å². The quantitative estimate of drug-likeness (QED) is 0.680. The highest BCUT2D eigenvalue weighted by Gasteiger charge is 2.37. The summed E-state index contributed by atoms with van der Waals surface area (Å²) in [5, 5.41) is 9.63. The zero-order chi connectivity index (χ0) is 12.5. The number of H-pyrrole nitrogens is 1. The van der Waals surface area contributed by atoms with Crippen molar-refractivity contribution in [3.63, 3.8) is 0 Å². The molecule has 0 bridgehead atoms. The lowest BCUT2D eigenvalue weighted by molar-refractivity contribution is 0.571. The lowest BCUT2D eigenvalue weighted by Crippen LogP contribution is -2.28. The predicted octanol–water partition coefficient (Wildman–Crippen LogP) is 0.206. The molecular weight excluding hydrogens is 240 g/mol. The molecule has 0 radical (unpaired) electrons.